The maximum Gasteiger partial charge on any atom is 0.297 e. The highest BCUT2D eigenvalue weighted by Crippen LogP contribution is 2.40. The molecule has 1 heterocycles. The number of fused-ring (bicyclic) bond motifs is 1. The Bertz CT molecular complexity index is 986. The van der Waals surface area contributed by atoms with Crippen molar-refractivity contribution < 1.29 is 24.2 Å². The predicted molar refractivity (Wildman–Crippen MR) is 117 cm³/mol. The first-order chi connectivity index (χ1) is 15.1. The first-order valence-corrected chi connectivity index (χ1v) is 10.8. The molecule has 1 aliphatic heterocycles. The lowest BCUT2D eigenvalue weighted by molar-refractivity contribution is -0.117. The molecule has 1 unspecified atom stereocenters. The summed E-state index contributed by atoms with van der Waals surface area (Å²) in [4.78, 5) is 27.5. The number of carbonyl (C=O) groups is 2. The Morgan fingerprint density at radius 1 is 1.32 bits per heavy atom. The molecule has 2 aliphatic rings. The predicted octanol–water partition coefficient (Wildman–Crippen LogP) is 3.38. The molecule has 0 saturated heterocycles. The van der Waals surface area contributed by atoms with Gasteiger partial charge in [-0.3, -0.25) is 9.59 Å². The van der Waals surface area contributed by atoms with Gasteiger partial charge < -0.3 is 24.8 Å². The Balaban J connectivity index is 1.64. The van der Waals surface area contributed by atoms with Gasteiger partial charge >= 0.3 is 0 Å². The van der Waals surface area contributed by atoms with Crippen molar-refractivity contribution in [3.63, 3.8) is 0 Å². The summed E-state index contributed by atoms with van der Waals surface area (Å²) in [5, 5.41) is 12.7. The molecular weight excluding hydrogens is 396 g/mol. The molecule has 2 amide bonds. The number of ether oxygens (including phenoxy) is 2. The molecule has 7 nitrogen and oxygen atoms in total. The van der Waals surface area contributed by atoms with E-state index in [2.05, 4.69) is 10.1 Å². The van der Waals surface area contributed by atoms with E-state index in [9.17, 15) is 14.7 Å². The Morgan fingerprint density at radius 2 is 2.13 bits per heavy atom. The molecule has 31 heavy (non-hydrogen) atoms. The monoisotopic (exact) mass is 425 g/mol. The van der Waals surface area contributed by atoms with E-state index in [0.29, 0.717) is 36.6 Å². The Morgan fingerprint density at radius 3 is 2.81 bits per heavy atom. The summed E-state index contributed by atoms with van der Waals surface area (Å²) in [6, 6.07) is 11.0. The summed E-state index contributed by atoms with van der Waals surface area (Å²) < 4.78 is 9.98. The number of hydrogen-bond acceptors (Lipinski definition) is 4. The van der Waals surface area contributed by atoms with Gasteiger partial charge in [0.05, 0.1) is 23.9 Å². The Hall–Kier alpha value is -3.06. The van der Waals surface area contributed by atoms with Gasteiger partial charge in [0, 0.05) is 25.1 Å². The number of carbonyl (C=O) groups excluding carboxylic acids is 2. The van der Waals surface area contributed by atoms with Crippen molar-refractivity contribution in [2.75, 3.05) is 25.6 Å². The number of anilines is 1. The van der Waals surface area contributed by atoms with Gasteiger partial charge in [-0.25, -0.2) is 0 Å². The van der Waals surface area contributed by atoms with Crippen LogP contribution in [0.25, 0.3) is 0 Å². The van der Waals surface area contributed by atoms with Crippen LogP contribution in [0.4, 0.5) is 5.69 Å². The van der Waals surface area contributed by atoms with Gasteiger partial charge in [-0.15, -0.1) is 0 Å². The number of hydrogen-bond donors (Lipinski definition) is 2. The zero-order valence-corrected chi connectivity index (χ0v) is 17.9. The average Bonchev–Trinajstić information content (AvgIpc) is 3.57. The molecule has 0 spiro atoms. The highest BCUT2D eigenvalue weighted by molar-refractivity contribution is 6.07. The number of amides is 2. The van der Waals surface area contributed by atoms with Crippen LogP contribution in [0.2, 0.25) is 0 Å². The van der Waals surface area contributed by atoms with Crippen LogP contribution in [0, 0.1) is 5.92 Å². The van der Waals surface area contributed by atoms with E-state index in [1.54, 1.807) is 18.1 Å². The zero-order valence-electron chi connectivity index (χ0n) is 17.9. The topological polar surface area (TPSA) is 91.7 Å². The second-order valence-electron chi connectivity index (χ2n) is 7.95. The van der Waals surface area contributed by atoms with Crippen molar-refractivity contribution in [3.05, 3.63) is 53.1 Å². The largest absolute Gasteiger partial charge is 0.582 e. The molecule has 0 radical (unpaired) electrons. The SMILES string of the molecule is CCOc1cc(C(CCO)N2Cc3cccc(NC(=O)C4CC4)c3C2=O)ccc1[OH+]C. The fraction of sp³-hybridized carbons (Fsp3) is 0.417. The highest BCUT2D eigenvalue weighted by Gasteiger charge is 2.37. The van der Waals surface area contributed by atoms with E-state index in [4.69, 9.17) is 4.74 Å². The number of aromatic hydroxyl groups is 1. The quantitative estimate of drug-likeness (QED) is 0.603. The zero-order chi connectivity index (χ0) is 22.0. The molecule has 164 valence electrons. The van der Waals surface area contributed by atoms with Crippen LogP contribution in [0.5, 0.6) is 11.5 Å². The maximum absolute atomic E-state index is 13.5. The van der Waals surface area contributed by atoms with Crippen molar-refractivity contribution >= 4 is 17.5 Å². The minimum atomic E-state index is -0.318. The summed E-state index contributed by atoms with van der Waals surface area (Å²) in [5.41, 5.74) is 2.88. The average molecular weight is 426 g/mol. The van der Waals surface area contributed by atoms with Crippen molar-refractivity contribution in [3.8, 4) is 11.5 Å². The number of nitrogens with one attached hydrogen (secondary N) is 1. The third kappa shape index (κ3) is 4.23. The van der Waals surface area contributed by atoms with Crippen LogP contribution in [-0.4, -0.2) is 46.9 Å². The van der Waals surface area contributed by atoms with Gasteiger partial charge in [-0.05, 0) is 55.5 Å². The third-order valence-electron chi connectivity index (χ3n) is 5.86. The van der Waals surface area contributed by atoms with Gasteiger partial charge in [0.1, 0.15) is 0 Å². The van der Waals surface area contributed by atoms with E-state index in [-0.39, 0.29) is 30.4 Å². The lowest BCUT2D eigenvalue weighted by Gasteiger charge is -2.28. The molecule has 4 rings (SSSR count). The Kier molecular flexibility index (Phi) is 6.13. The first kappa shape index (κ1) is 21.2. The highest BCUT2D eigenvalue weighted by atomic mass is 16.5. The number of aliphatic hydroxyl groups is 2. The van der Waals surface area contributed by atoms with Gasteiger partial charge in [0.25, 0.3) is 11.7 Å². The lowest BCUT2D eigenvalue weighted by atomic mass is 10.0. The number of rotatable bonds is 9. The van der Waals surface area contributed by atoms with Crippen LogP contribution in [0.15, 0.2) is 36.4 Å². The van der Waals surface area contributed by atoms with Crippen LogP contribution < -0.4 is 10.1 Å². The van der Waals surface area contributed by atoms with Crippen molar-refractivity contribution in [2.45, 2.75) is 38.8 Å². The van der Waals surface area contributed by atoms with E-state index in [1.165, 1.54) is 0 Å². The fourth-order valence-corrected chi connectivity index (χ4v) is 4.14. The third-order valence-corrected chi connectivity index (χ3v) is 5.86. The molecule has 7 heteroatoms. The molecule has 0 aromatic heterocycles. The smallest absolute Gasteiger partial charge is 0.297 e. The molecule has 2 aromatic carbocycles. The van der Waals surface area contributed by atoms with Crippen molar-refractivity contribution in [1.82, 2.24) is 4.90 Å². The summed E-state index contributed by atoms with van der Waals surface area (Å²) in [6.07, 6.45) is 2.21. The van der Waals surface area contributed by atoms with Gasteiger partial charge in [-0.2, -0.15) is 0 Å². The first-order valence-electron chi connectivity index (χ1n) is 10.8. The normalized spacial score (nSPS) is 16.1. The Labute approximate surface area is 182 Å². The molecule has 1 aliphatic carbocycles. The lowest BCUT2D eigenvalue weighted by Crippen LogP contribution is -2.30. The van der Waals surface area contributed by atoms with E-state index >= 15 is 0 Å². The molecule has 3 N–H and O–H groups in total. The minimum Gasteiger partial charge on any atom is -0.582 e. The van der Waals surface area contributed by atoms with Gasteiger partial charge in [-0.1, -0.05) is 12.1 Å². The maximum atomic E-state index is 13.5. The summed E-state index contributed by atoms with van der Waals surface area (Å²) >= 11 is 0. The molecule has 0 bridgehead atoms. The van der Waals surface area contributed by atoms with Crippen LogP contribution >= 0.6 is 0 Å². The summed E-state index contributed by atoms with van der Waals surface area (Å²) in [5.74, 6) is 1.31. The second-order valence-corrected chi connectivity index (χ2v) is 7.95. The number of benzene rings is 2. The molecule has 1 fully saturated rings. The summed E-state index contributed by atoms with van der Waals surface area (Å²) in [7, 11) is 1.71. The van der Waals surface area contributed by atoms with Gasteiger partial charge in [0.2, 0.25) is 11.7 Å². The minimum absolute atomic E-state index is 0.0215. The van der Waals surface area contributed by atoms with Gasteiger partial charge in [0.15, 0.2) is 7.11 Å². The molecule has 1 atom stereocenters. The number of aliphatic hydroxyl groups excluding tert-OH is 1. The van der Waals surface area contributed by atoms with Crippen molar-refractivity contribution in [2.24, 2.45) is 5.92 Å². The molecular formula is C24H29N2O5+. The van der Waals surface area contributed by atoms with Crippen LogP contribution in [0.3, 0.4) is 0 Å². The molecule has 2 aromatic rings. The van der Waals surface area contributed by atoms with Crippen LogP contribution in [-0.2, 0) is 11.3 Å². The van der Waals surface area contributed by atoms with Crippen LogP contribution in [0.1, 0.15) is 53.7 Å². The van der Waals surface area contributed by atoms with E-state index in [1.807, 2.05) is 37.3 Å². The van der Waals surface area contributed by atoms with E-state index in [0.717, 1.165) is 29.7 Å². The van der Waals surface area contributed by atoms with Crippen molar-refractivity contribution in [1.29, 1.82) is 0 Å². The standard InChI is InChI=1S/C24H28N2O5/c1-3-31-21-13-16(9-10-20(21)30-2)19(11-12-27)26-14-17-5-4-6-18(22(17)24(26)29)25-23(28)15-7-8-15/h4-6,9-10,13,15,19,27H,3,7-8,11-12,14H2,1-2H3,(H,25,28)/p+1. The fourth-order valence-electron chi connectivity index (χ4n) is 4.14. The molecule has 1 saturated carbocycles. The summed E-state index contributed by atoms with van der Waals surface area (Å²) in [6.45, 7) is 2.79. The number of nitrogens with zero attached hydrogens (tertiary/aromatic N) is 1. The second kappa shape index (κ2) is 8.98. The van der Waals surface area contributed by atoms with E-state index < -0.39 is 0 Å².